The zero-order valence-corrected chi connectivity index (χ0v) is 11.0. The van der Waals surface area contributed by atoms with Gasteiger partial charge in [-0.25, -0.2) is 4.79 Å². The highest BCUT2D eigenvalue weighted by atomic mass is 16.6. The van der Waals surface area contributed by atoms with Crippen LogP contribution in [-0.2, 0) is 4.74 Å². The second kappa shape index (κ2) is 8.08. The van der Waals surface area contributed by atoms with Crippen molar-refractivity contribution in [3.63, 3.8) is 0 Å². The predicted octanol–water partition coefficient (Wildman–Crippen LogP) is 1.11. The molecule has 0 heterocycles. The number of rotatable bonds is 7. The maximum atomic E-state index is 11.5. The number of hydrogen-bond donors (Lipinski definition) is 3. The summed E-state index contributed by atoms with van der Waals surface area (Å²) in [6, 6.07) is 5.05. The van der Waals surface area contributed by atoms with Crippen LogP contribution in [0.3, 0.4) is 0 Å². The summed E-state index contributed by atoms with van der Waals surface area (Å²) in [6.45, 7) is 0.509. The Kier molecular flexibility index (Phi) is 6.41. The van der Waals surface area contributed by atoms with Crippen LogP contribution in [0, 0.1) is 10.1 Å². The Morgan fingerprint density at radius 1 is 1.45 bits per heavy atom. The third-order valence-corrected chi connectivity index (χ3v) is 2.46. The van der Waals surface area contributed by atoms with E-state index in [2.05, 4.69) is 10.6 Å². The number of aliphatic hydroxyl groups excluding tert-OH is 1. The average molecular weight is 283 g/mol. The summed E-state index contributed by atoms with van der Waals surface area (Å²) in [5.41, 5.74) is 0.407. The van der Waals surface area contributed by atoms with Gasteiger partial charge in [-0.05, 0) is 18.6 Å². The first-order valence-electron chi connectivity index (χ1n) is 5.99. The molecule has 3 N–H and O–H groups in total. The van der Waals surface area contributed by atoms with Crippen LogP contribution < -0.4 is 10.6 Å². The number of anilines is 1. The normalized spacial score (nSPS) is 11.7. The maximum absolute atomic E-state index is 11.5. The van der Waals surface area contributed by atoms with Crippen LogP contribution in [0.1, 0.15) is 6.42 Å². The number of nitrogens with zero attached hydrogens (tertiary/aromatic N) is 1. The molecule has 1 atom stereocenters. The van der Waals surface area contributed by atoms with Crippen molar-refractivity contribution in [3.05, 3.63) is 34.4 Å². The fourth-order valence-electron chi connectivity index (χ4n) is 1.47. The molecule has 0 aliphatic carbocycles. The fraction of sp³-hybridized carbons (Fsp3) is 0.417. The molecule has 8 nitrogen and oxygen atoms in total. The minimum absolute atomic E-state index is 0.0429. The van der Waals surface area contributed by atoms with Crippen molar-refractivity contribution in [2.24, 2.45) is 0 Å². The van der Waals surface area contributed by atoms with E-state index in [-0.39, 0.29) is 12.3 Å². The van der Waals surface area contributed by atoms with E-state index >= 15 is 0 Å². The second-order valence-corrected chi connectivity index (χ2v) is 4.08. The number of urea groups is 1. The number of non-ortho nitro benzene ring substituents is 1. The van der Waals surface area contributed by atoms with Gasteiger partial charge in [0, 0.05) is 31.5 Å². The molecule has 0 spiro atoms. The largest absolute Gasteiger partial charge is 0.391 e. The zero-order valence-electron chi connectivity index (χ0n) is 11.0. The van der Waals surface area contributed by atoms with Gasteiger partial charge in [-0.1, -0.05) is 0 Å². The van der Waals surface area contributed by atoms with Crippen LogP contribution in [0.25, 0.3) is 0 Å². The number of nitro benzene ring substituents is 1. The molecule has 20 heavy (non-hydrogen) atoms. The Bertz CT molecular complexity index is 449. The average Bonchev–Trinajstić information content (AvgIpc) is 2.39. The van der Waals surface area contributed by atoms with Gasteiger partial charge in [0.05, 0.1) is 17.6 Å². The topological polar surface area (TPSA) is 114 Å². The monoisotopic (exact) mass is 283 g/mol. The van der Waals surface area contributed by atoms with Crippen LogP contribution >= 0.6 is 0 Å². The highest BCUT2D eigenvalue weighted by molar-refractivity contribution is 5.89. The third kappa shape index (κ3) is 5.63. The van der Waals surface area contributed by atoms with Gasteiger partial charge >= 0.3 is 6.03 Å². The van der Waals surface area contributed by atoms with E-state index in [1.165, 1.54) is 31.4 Å². The highest BCUT2D eigenvalue weighted by Crippen LogP contribution is 2.15. The molecule has 110 valence electrons. The molecule has 0 bridgehead atoms. The molecule has 0 aliphatic rings. The number of methoxy groups -OCH3 is 1. The fourth-order valence-corrected chi connectivity index (χ4v) is 1.47. The van der Waals surface area contributed by atoms with E-state index in [1.807, 2.05) is 0 Å². The number of ether oxygens (including phenoxy) is 1. The van der Waals surface area contributed by atoms with Gasteiger partial charge in [0.15, 0.2) is 0 Å². The zero-order chi connectivity index (χ0) is 15.0. The molecule has 1 aromatic rings. The quantitative estimate of drug-likeness (QED) is 0.512. The number of aliphatic hydroxyl groups is 1. The van der Waals surface area contributed by atoms with Crippen LogP contribution in [0.15, 0.2) is 24.3 Å². The number of nitro groups is 1. The van der Waals surface area contributed by atoms with Crippen molar-refractivity contribution < 1.29 is 19.6 Å². The minimum Gasteiger partial charge on any atom is -0.391 e. The van der Waals surface area contributed by atoms with Crippen LogP contribution in [0.2, 0.25) is 0 Å². The van der Waals surface area contributed by atoms with Crippen molar-refractivity contribution in [1.82, 2.24) is 5.32 Å². The van der Waals surface area contributed by atoms with Crippen LogP contribution in [-0.4, -0.2) is 42.4 Å². The highest BCUT2D eigenvalue weighted by Gasteiger charge is 2.07. The molecule has 1 aromatic carbocycles. The molecule has 1 unspecified atom stereocenters. The number of benzene rings is 1. The molecule has 0 fully saturated rings. The van der Waals surface area contributed by atoms with Gasteiger partial charge < -0.3 is 20.5 Å². The molecule has 0 saturated carbocycles. The first kappa shape index (κ1) is 15.9. The van der Waals surface area contributed by atoms with Crippen molar-refractivity contribution in [1.29, 1.82) is 0 Å². The smallest absolute Gasteiger partial charge is 0.319 e. The number of carbonyl (C=O) groups excluding carboxylic acids is 1. The summed E-state index contributed by atoms with van der Waals surface area (Å²) >= 11 is 0. The number of amides is 2. The van der Waals surface area contributed by atoms with E-state index in [1.54, 1.807) is 0 Å². The van der Waals surface area contributed by atoms with E-state index in [4.69, 9.17) is 4.74 Å². The van der Waals surface area contributed by atoms with Crippen LogP contribution in [0.4, 0.5) is 16.2 Å². The first-order chi connectivity index (χ1) is 9.52. The summed E-state index contributed by atoms with van der Waals surface area (Å²) in [6.07, 6.45) is -0.249. The lowest BCUT2D eigenvalue weighted by Gasteiger charge is -2.10. The third-order valence-electron chi connectivity index (χ3n) is 2.46. The molecule has 0 aliphatic heterocycles. The van der Waals surface area contributed by atoms with Crippen molar-refractivity contribution in [3.8, 4) is 0 Å². The van der Waals surface area contributed by atoms with Crippen molar-refractivity contribution >= 4 is 17.4 Å². The molecule has 2 amide bonds. The molecule has 0 aromatic heterocycles. The molecule has 8 heteroatoms. The number of hydrogen-bond acceptors (Lipinski definition) is 5. The Morgan fingerprint density at radius 2 is 2.10 bits per heavy atom. The van der Waals surface area contributed by atoms with Gasteiger partial charge in [0.1, 0.15) is 0 Å². The van der Waals surface area contributed by atoms with Gasteiger partial charge in [-0.3, -0.25) is 10.1 Å². The summed E-state index contributed by atoms with van der Waals surface area (Å²) in [5.74, 6) is 0. The number of carbonyl (C=O) groups is 1. The molecule has 1 rings (SSSR count). The Morgan fingerprint density at radius 3 is 2.65 bits per heavy atom. The molecular formula is C12H17N3O5. The van der Waals surface area contributed by atoms with Gasteiger partial charge in [0.2, 0.25) is 0 Å². The van der Waals surface area contributed by atoms with E-state index in [0.29, 0.717) is 18.7 Å². The lowest BCUT2D eigenvalue weighted by atomic mass is 10.2. The number of nitrogens with one attached hydrogen (secondary N) is 2. The Hall–Kier alpha value is -2.19. The SMILES string of the molecule is COCC(O)CCNC(=O)Nc1ccc([N+](=O)[O-])cc1. The van der Waals surface area contributed by atoms with Crippen molar-refractivity contribution in [2.75, 3.05) is 25.6 Å². The second-order valence-electron chi connectivity index (χ2n) is 4.08. The summed E-state index contributed by atoms with van der Waals surface area (Å²) in [7, 11) is 1.48. The van der Waals surface area contributed by atoms with E-state index < -0.39 is 17.1 Å². The summed E-state index contributed by atoms with van der Waals surface area (Å²) in [5, 5.41) is 24.9. The van der Waals surface area contributed by atoms with E-state index in [9.17, 15) is 20.0 Å². The Labute approximate surface area is 115 Å². The molecular weight excluding hydrogens is 266 g/mol. The summed E-state index contributed by atoms with van der Waals surface area (Å²) < 4.78 is 4.75. The minimum atomic E-state index is -0.625. The van der Waals surface area contributed by atoms with Crippen molar-refractivity contribution in [2.45, 2.75) is 12.5 Å². The Balaban J connectivity index is 2.33. The lowest BCUT2D eigenvalue weighted by molar-refractivity contribution is -0.384. The first-order valence-corrected chi connectivity index (χ1v) is 5.99. The molecule has 0 radical (unpaired) electrons. The predicted molar refractivity (Wildman–Crippen MR) is 72.6 cm³/mol. The van der Waals surface area contributed by atoms with E-state index in [0.717, 1.165) is 0 Å². The standard InChI is InChI=1S/C12H17N3O5/c1-20-8-11(16)6-7-13-12(17)14-9-2-4-10(5-3-9)15(18)19/h2-5,11,16H,6-8H2,1H3,(H2,13,14,17). The maximum Gasteiger partial charge on any atom is 0.319 e. The van der Waals surface area contributed by atoms with Gasteiger partial charge in [-0.15, -0.1) is 0 Å². The van der Waals surface area contributed by atoms with Gasteiger partial charge in [-0.2, -0.15) is 0 Å². The summed E-state index contributed by atoms with van der Waals surface area (Å²) in [4.78, 5) is 21.5. The molecule has 0 saturated heterocycles. The lowest BCUT2D eigenvalue weighted by Crippen LogP contribution is -2.32. The van der Waals surface area contributed by atoms with Gasteiger partial charge in [0.25, 0.3) is 5.69 Å². The van der Waals surface area contributed by atoms with Crippen LogP contribution in [0.5, 0.6) is 0 Å².